The number of rotatable bonds is 3. The van der Waals surface area contributed by atoms with Gasteiger partial charge in [0.1, 0.15) is 0 Å². The Morgan fingerprint density at radius 2 is 2.00 bits per heavy atom. The topological polar surface area (TPSA) is 26.3 Å². The molecule has 4 heteroatoms. The fraction of sp³-hybridized carbons (Fsp3) is 0.214. The standard InChI is InChI=1S/C14H12ClFO2/c1-18-14(16)9-11(7-8-12(14)15)13(17)10-5-3-2-4-6-10/h2-8H,9H2,1H3. The van der Waals surface area contributed by atoms with Crippen molar-refractivity contribution in [3.8, 4) is 0 Å². The minimum Gasteiger partial charge on any atom is -0.345 e. The van der Waals surface area contributed by atoms with Gasteiger partial charge >= 0.3 is 0 Å². The van der Waals surface area contributed by atoms with Crippen molar-refractivity contribution in [3.63, 3.8) is 0 Å². The summed E-state index contributed by atoms with van der Waals surface area (Å²) in [7, 11) is 1.23. The molecule has 0 heterocycles. The van der Waals surface area contributed by atoms with Crippen molar-refractivity contribution < 1.29 is 13.9 Å². The summed E-state index contributed by atoms with van der Waals surface area (Å²) in [5.74, 6) is -2.31. The molecule has 1 aromatic carbocycles. The molecule has 0 aromatic heterocycles. The number of carbonyl (C=O) groups is 1. The van der Waals surface area contributed by atoms with Crippen LogP contribution in [0.15, 0.2) is 53.1 Å². The maximum atomic E-state index is 14.2. The van der Waals surface area contributed by atoms with E-state index in [1.807, 2.05) is 6.07 Å². The average Bonchev–Trinajstić information content (AvgIpc) is 2.42. The highest BCUT2D eigenvalue weighted by atomic mass is 35.5. The van der Waals surface area contributed by atoms with Crippen LogP contribution in [-0.2, 0) is 4.74 Å². The van der Waals surface area contributed by atoms with Gasteiger partial charge in [-0.1, -0.05) is 48.0 Å². The highest BCUT2D eigenvalue weighted by molar-refractivity contribution is 6.31. The number of alkyl halides is 1. The normalized spacial score (nSPS) is 23.3. The van der Waals surface area contributed by atoms with E-state index in [-0.39, 0.29) is 17.2 Å². The van der Waals surface area contributed by atoms with Crippen LogP contribution in [0.2, 0.25) is 0 Å². The van der Waals surface area contributed by atoms with Crippen LogP contribution in [0.5, 0.6) is 0 Å². The van der Waals surface area contributed by atoms with Gasteiger partial charge in [0, 0.05) is 24.7 Å². The summed E-state index contributed by atoms with van der Waals surface area (Å²) in [4.78, 5) is 12.1. The van der Waals surface area contributed by atoms with Crippen molar-refractivity contribution in [2.24, 2.45) is 0 Å². The summed E-state index contributed by atoms with van der Waals surface area (Å²) < 4.78 is 19.0. The minimum atomic E-state index is -2.10. The van der Waals surface area contributed by atoms with Gasteiger partial charge in [-0.3, -0.25) is 4.79 Å². The molecule has 2 rings (SSSR count). The lowest BCUT2D eigenvalue weighted by molar-refractivity contribution is -0.0824. The molecular weight excluding hydrogens is 255 g/mol. The Kier molecular flexibility index (Phi) is 3.64. The average molecular weight is 267 g/mol. The Balaban J connectivity index is 2.29. The smallest absolute Gasteiger partial charge is 0.249 e. The number of hydrogen-bond donors (Lipinski definition) is 0. The SMILES string of the molecule is COC1(F)CC(C(=O)c2ccccc2)=CC=C1Cl. The van der Waals surface area contributed by atoms with E-state index in [0.717, 1.165) is 0 Å². The van der Waals surface area contributed by atoms with Crippen LogP contribution < -0.4 is 0 Å². The van der Waals surface area contributed by atoms with Gasteiger partial charge in [0.2, 0.25) is 5.85 Å². The third-order valence-corrected chi connectivity index (χ3v) is 3.26. The van der Waals surface area contributed by atoms with Crippen LogP contribution in [0.4, 0.5) is 4.39 Å². The molecule has 2 nitrogen and oxygen atoms in total. The third-order valence-electron chi connectivity index (χ3n) is 2.86. The first-order valence-corrected chi connectivity index (χ1v) is 5.85. The van der Waals surface area contributed by atoms with Crippen molar-refractivity contribution in [2.75, 3.05) is 7.11 Å². The summed E-state index contributed by atoms with van der Waals surface area (Å²) in [6, 6.07) is 8.72. The zero-order valence-corrected chi connectivity index (χ0v) is 10.6. The molecule has 0 fully saturated rings. The Hall–Kier alpha value is -1.45. The summed E-state index contributed by atoms with van der Waals surface area (Å²) in [6.07, 6.45) is 2.73. The van der Waals surface area contributed by atoms with Crippen molar-refractivity contribution in [2.45, 2.75) is 12.3 Å². The molecule has 0 spiro atoms. The van der Waals surface area contributed by atoms with Gasteiger partial charge in [-0.05, 0) is 6.08 Å². The van der Waals surface area contributed by atoms with Gasteiger partial charge in [0.15, 0.2) is 5.78 Å². The van der Waals surface area contributed by atoms with Crippen LogP contribution in [-0.4, -0.2) is 18.7 Å². The summed E-state index contributed by atoms with van der Waals surface area (Å²) >= 11 is 5.75. The monoisotopic (exact) mass is 266 g/mol. The molecule has 1 atom stereocenters. The van der Waals surface area contributed by atoms with Gasteiger partial charge in [-0.15, -0.1) is 0 Å². The van der Waals surface area contributed by atoms with E-state index >= 15 is 0 Å². The Morgan fingerprint density at radius 1 is 1.33 bits per heavy atom. The highest BCUT2D eigenvalue weighted by Gasteiger charge is 2.38. The van der Waals surface area contributed by atoms with Crippen LogP contribution >= 0.6 is 11.6 Å². The van der Waals surface area contributed by atoms with Crippen molar-refractivity contribution in [1.82, 2.24) is 0 Å². The quantitative estimate of drug-likeness (QED) is 0.781. The van der Waals surface area contributed by atoms with Crippen molar-refractivity contribution in [3.05, 3.63) is 58.7 Å². The second-order valence-electron chi connectivity index (χ2n) is 4.01. The molecule has 1 aromatic rings. The van der Waals surface area contributed by atoms with Gasteiger partial charge in [-0.25, -0.2) is 4.39 Å². The number of allylic oxidation sites excluding steroid dienone is 2. The molecule has 0 N–H and O–H groups in total. The molecular formula is C14H12ClFO2. The Morgan fingerprint density at radius 3 is 2.61 bits per heavy atom. The fourth-order valence-corrected chi connectivity index (χ4v) is 1.99. The molecule has 0 amide bonds. The van der Waals surface area contributed by atoms with E-state index < -0.39 is 5.85 Å². The predicted octanol–water partition coefficient (Wildman–Crippen LogP) is 3.63. The molecule has 94 valence electrons. The number of hydrogen-bond acceptors (Lipinski definition) is 2. The number of ether oxygens (including phenoxy) is 1. The first-order chi connectivity index (χ1) is 8.57. The van der Waals surface area contributed by atoms with Gasteiger partial charge in [0.25, 0.3) is 0 Å². The van der Waals surface area contributed by atoms with Gasteiger partial charge in [-0.2, -0.15) is 0 Å². The number of ketones is 1. The molecule has 0 saturated carbocycles. The van der Waals surface area contributed by atoms with Gasteiger partial charge < -0.3 is 4.74 Å². The minimum absolute atomic E-state index is 0.0467. The van der Waals surface area contributed by atoms with Crippen molar-refractivity contribution >= 4 is 17.4 Å². The van der Waals surface area contributed by atoms with E-state index in [1.165, 1.54) is 19.3 Å². The maximum absolute atomic E-state index is 14.2. The zero-order chi connectivity index (χ0) is 13.2. The lowest BCUT2D eigenvalue weighted by atomic mass is 9.93. The molecule has 0 radical (unpaired) electrons. The second kappa shape index (κ2) is 5.04. The highest BCUT2D eigenvalue weighted by Crippen LogP contribution is 2.37. The summed E-state index contributed by atoms with van der Waals surface area (Å²) in [5.41, 5.74) is 0.864. The van der Waals surface area contributed by atoms with Gasteiger partial charge in [0.05, 0.1) is 5.03 Å². The van der Waals surface area contributed by atoms with E-state index in [0.29, 0.717) is 11.1 Å². The van der Waals surface area contributed by atoms with Crippen LogP contribution in [0.1, 0.15) is 16.8 Å². The van der Waals surface area contributed by atoms with E-state index in [4.69, 9.17) is 16.3 Å². The molecule has 0 aliphatic heterocycles. The van der Waals surface area contributed by atoms with E-state index in [9.17, 15) is 9.18 Å². The third kappa shape index (κ3) is 2.37. The number of methoxy groups -OCH3 is 1. The number of carbonyl (C=O) groups excluding carboxylic acids is 1. The van der Waals surface area contributed by atoms with Crippen LogP contribution in [0.3, 0.4) is 0 Å². The Bertz CT molecular complexity index is 522. The number of halogens is 2. The maximum Gasteiger partial charge on any atom is 0.249 e. The van der Waals surface area contributed by atoms with Crippen molar-refractivity contribution in [1.29, 1.82) is 0 Å². The first-order valence-electron chi connectivity index (χ1n) is 5.47. The first kappa shape index (κ1) is 13.0. The molecule has 1 aliphatic rings. The number of Topliss-reactive ketones (excluding diaryl/α,β-unsaturated/α-hetero) is 1. The molecule has 0 bridgehead atoms. The lowest BCUT2D eigenvalue weighted by Gasteiger charge is -2.26. The Labute approximate surface area is 110 Å². The lowest BCUT2D eigenvalue weighted by Crippen LogP contribution is -2.30. The predicted molar refractivity (Wildman–Crippen MR) is 68.3 cm³/mol. The van der Waals surface area contributed by atoms with Crippen LogP contribution in [0.25, 0.3) is 0 Å². The largest absolute Gasteiger partial charge is 0.345 e. The van der Waals surface area contributed by atoms with Crippen LogP contribution in [0, 0.1) is 0 Å². The molecule has 1 aliphatic carbocycles. The summed E-state index contributed by atoms with van der Waals surface area (Å²) in [5, 5.41) is -0.0467. The fourth-order valence-electron chi connectivity index (χ4n) is 1.79. The molecule has 0 saturated heterocycles. The van der Waals surface area contributed by atoms with E-state index in [2.05, 4.69) is 0 Å². The van der Waals surface area contributed by atoms with E-state index in [1.54, 1.807) is 24.3 Å². The second-order valence-corrected chi connectivity index (χ2v) is 4.42. The number of benzene rings is 1. The molecule has 1 unspecified atom stereocenters. The molecule has 18 heavy (non-hydrogen) atoms. The summed E-state index contributed by atoms with van der Waals surface area (Å²) in [6.45, 7) is 0. The zero-order valence-electron chi connectivity index (χ0n) is 9.82.